The van der Waals surface area contributed by atoms with Crippen molar-refractivity contribution in [2.45, 2.75) is 11.9 Å². The molecule has 0 spiro atoms. The Bertz CT molecular complexity index is 172. The first-order valence-electron chi connectivity index (χ1n) is 2.48. The maximum absolute atomic E-state index is 5.77. The van der Waals surface area contributed by atoms with Crippen molar-refractivity contribution in [3.63, 3.8) is 0 Å². The standard InChI is InChI=1S/C5H6Cl2N2/c1-5(7)2-4(6)8-3-9-5/h2-3H,1H3,(H,8,9). The van der Waals surface area contributed by atoms with E-state index in [1.54, 1.807) is 13.0 Å². The Balaban J connectivity index is 2.78. The molecule has 0 saturated heterocycles. The number of hydrogen-bond donors (Lipinski definition) is 1. The van der Waals surface area contributed by atoms with E-state index in [0.29, 0.717) is 5.16 Å². The second-order valence-electron chi connectivity index (χ2n) is 1.92. The quantitative estimate of drug-likeness (QED) is 0.428. The van der Waals surface area contributed by atoms with Crippen LogP contribution >= 0.6 is 23.2 Å². The van der Waals surface area contributed by atoms with Crippen LogP contribution < -0.4 is 5.32 Å². The summed E-state index contributed by atoms with van der Waals surface area (Å²) in [6.45, 7) is 1.76. The topological polar surface area (TPSA) is 24.4 Å². The van der Waals surface area contributed by atoms with Crippen LogP contribution in [0.4, 0.5) is 0 Å². The molecule has 1 atom stereocenters. The van der Waals surface area contributed by atoms with Crippen LogP contribution in [0, 0.1) is 0 Å². The predicted octanol–water partition coefficient (Wildman–Crippen LogP) is 1.65. The highest BCUT2D eigenvalue weighted by Crippen LogP contribution is 2.21. The number of hydrogen-bond acceptors (Lipinski definition) is 2. The third-order valence-electron chi connectivity index (χ3n) is 0.910. The molecule has 1 aliphatic heterocycles. The van der Waals surface area contributed by atoms with Gasteiger partial charge in [-0.1, -0.05) is 23.2 Å². The first-order chi connectivity index (χ1) is 4.10. The van der Waals surface area contributed by atoms with Crippen molar-refractivity contribution in [2.24, 2.45) is 4.99 Å². The maximum atomic E-state index is 5.77. The Morgan fingerprint density at radius 3 is 2.78 bits per heavy atom. The minimum absolute atomic E-state index is 0.516. The Hall–Kier alpha value is -0.210. The van der Waals surface area contributed by atoms with E-state index in [-0.39, 0.29) is 0 Å². The SMILES string of the molecule is CC1(Cl)C=C(Cl)NC=N1. The average molecular weight is 165 g/mol. The summed E-state index contributed by atoms with van der Waals surface area (Å²) in [6.07, 6.45) is 3.12. The number of aliphatic imine (C=N–C) groups is 1. The second kappa shape index (κ2) is 2.20. The highest BCUT2D eigenvalue weighted by molar-refractivity contribution is 6.32. The minimum atomic E-state index is -0.664. The van der Waals surface area contributed by atoms with E-state index in [4.69, 9.17) is 23.2 Å². The predicted molar refractivity (Wildman–Crippen MR) is 39.8 cm³/mol. The molecule has 0 aromatic heterocycles. The molecular formula is C5H6Cl2N2. The van der Waals surface area contributed by atoms with Crippen molar-refractivity contribution in [1.82, 2.24) is 5.32 Å². The lowest BCUT2D eigenvalue weighted by Crippen LogP contribution is -2.21. The fourth-order valence-corrected chi connectivity index (χ4v) is 1.01. The molecule has 2 nitrogen and oxygen atoms in total. The molecule has 0 saturated carbocycles. The van der Waals surface area contributed by atoms with E-state index in [1.807, 2.05) is 0 Å². The Morgan fingerprint density at radius 2 is 2.44 bits per heavy atom. The molecule has 1 aliphatic rings. The summed E-state index contributed by atoms with van der Waals surface area (Å²) < 4.78 is 0. The number of nitrogens with zero attached hydrogens (tertiary/aromatic N) is 1. The molecule has 9 heavy (non-hydrogen) atoms. The summed E-state index contributed by atoms with van der Waals surface area (Å²) in [4.78, 5) is 3.22. The maximum Gasteiger partial charge on any atom is 0.154 e. The van der Waals surface area contributed by atoms with Gasteiger partial charge in [-0.25, -0.2) is 4.99 Å². The van der Waals surface area contributed by atoms with Crippen LogP contribution in [0.3, 0.4) is 0 Å². The number of nitrogens with one attached hydrogen (secondary N) is 1. The zero-order chi connectivity index (χ0) is 6.91. The minimum Gasteiger partial charge on any atom is -0.337 e. The van der Waals surface area contributed by atoms with Crippen molar-refractivity contribution >= 4 is 29.5 Å². The first-order valence-corrected chi connectivity index (χ1v) is 3.23. The Kier molecular flexibility index (Phi) is 1.68. The third-order valence-corrected chi connectivity index (χ3v) is 1.33. The highest BCUT2D eigenvalue weighted by atomic mass is 35.5. The van der Waals surface area contributed by atoms with E-state index in [0.717, 1.165) is 0 Å². The largest absolute Gasteiger partial charge is 0.337 e. The first kappa shape index (κ1) is 6.90. The lowest BCUT2D eigenvalue weighted by molar-refractivity contribution is 0.807. The van der Waals surface area contributed by atoms with Crippen LogP contribution in [0.5, 0.6) is 0 Å². The van der Waals surface area contributed by atoms with Crippen molar-refractivity contribution in [3.8, 4) is 0 Å². The van der Waals surface area contributed by atoms with Crippen LogP contribution in [0.2, 0.25) is 0 Å². The van der Waals surface area contributed by atoms with Crippen LogP contribution in [0.1, 0.15) is 6.92 Å². The molecule has 1 N–H and O–H groups in total. The van der Waals surface area contributed by atoms with Crippen molar-refractivity contribution in [2.75, 3.05) is 0 Å². The van der Waals surface area contributed by atoms with Crippen LogP contribution in [0.15, 0.2) is 16.2 Å². The van der Waals surface area contributed by atoms with Gasteiger partial charge in [-0.15, -0.1) is 0 Å². The molecule has 0 fully saturated rings. The Labute approximate surface area is 63.6 Å². The van der Waals surface area contributed by atoms with E-state index < -0.39 is 5.00 Å². The molecule has 0 aliphatic carbocycles. The van der Waals surface area contributed by atoms with Gasteiger partial charge < -0.3 is 5.32 Å². The summed E-state index contributed by atoms with van der Waals surface area (Å²) in [5.41, 5.74) is 0. The number of rotatable bonds is 0. The van der Waals surface area contributed by atoms with Gasteiger partial charge in [0.05, 0.1) is 6.34 Å². The van der Waals surface area contributed by atoms with Gasteiger partial charge in [-0.3, -0.25) is 0 Å². The lowest BCUT2D eigenvalue weighted by Gasteiger charge is -2.16. The van der Waals surface area contributed by atoms with Crippen molar-refractivity contribution in [1.29, 1.82) is 0 Å². The van der Waals surface area contributed by atoms with Gasteiger partial charge in [-0.2, -0.15) is 0 Å². The van der Waals surface area contributed by atoms with Gasteiger partial charge in [0.15, 0.2) is 5.00 Å². The second-order valence-corrected chi connectivity index (χ2v) is 3.09. The average Bonchev–Trinajstić information content (AvgIpc) is 1.60. The van der Waals surface area contributed by atoms with Crippen LogP contribution in [-0.2, 0) is 0 Å². The molecule has 1 unspecified atom stereocenters. The number of halogens is 2. The van der Waals surface area contributed by atoms with Gasteiger partial charge in [-0.05, 0) is 13.0 Å². The zero-order valence-corrected chi connectivity index (χ0v) is 6.37. The molecule has 50 valence electrons. The van der Waals surface area contributed by atoms with Gasteiger partial charge in [0.25, 0.3) is 0 Å². The van der Waals surface area contributed by atoms with Gasteiger partial charge in [0.2, 0.25) is 0 Å². The highest BCUT2D eigenvalue weighted by Gasteiger charge is 2.17. The fourth-order valence-electron chi connectivity index (χ4n) is 0.530. The molecule has 0 radical (unpaired) electrons. The normalized spacial score (nSPS) is 33.4. The molecule has 0 aromatic carbocycles. The molecule has 1 rings (SSSR count). The zero-order valence-electron chi connectivity index (χ0n) is 4.86. The number of alkyl halides is 1. The van der Waals surface area contributed by atoms with Crippen LogP contribution in [-0.4, -0.2) is 11.3 Å². The molecule has 1 heterocycles. The summed E-state index contributed by atoms with van der Waals surface area (Å²) >= 11 is 11.3. The molecule has 0 amide bonds. The smallest absolute Gasteiger partial charge is 0.154 e. The van der Waals surface area contributed by atoms with Crippen molar-refractivity contribution < 1.29 is 0 Å². The summed E-state index contributed by atoms with van der Waals surface area (Å²) in [5, 5.41) is 3.20. The van der Waals surface area contributed by atoms with E-state index >= 15 is 0 Å². The van der Waals surface area contributed by atoms with Gasteiger partial charge in [0, 0.05) is 0 Å². The molecular weight excluding hydrogens is 159 g/mol. The summed E-state index contributed by atoms with van der Waals surface area (Å²) in [5.74, 6) is 0. The molecule has 0 aromatic rings. The van der Waals surface area contributed by atoms with Gasteiger partial charge >= 0.3 is 0 Å². The fraction of sp³-hybridized carbons (Fsp3) is 0.400. The molecule has 0 bridgehead atoms. The Morgan fingerprint density at radius 1 is 1.78 bits per heavy atom. The van der Waals surface area contributed by atoms with Gasteiger partial charge in [0.1, 0.15) is 5.16 Å². The summed E-state index contributed by atoms with van der Waals surface area (Å²) in [7, 11) is 0. The van der Waals surface area contributed by atoms with E-state index in [9.17, 15) is 0 Å². The summed E-state index contributed by atoms with van der Waals surface area (Å²) in [6, 6.07) is 0. The lowest BCUT2D eigenvalue weighted by atomic mass is 10.3. The van der Waals surface area contributed by atoms with Crippen molar-refractivity contribution in [3.05, 3.63) is 11.2 Å². The van der Waals surface area contributed by atoms with E-state index in [1.165, 1.54) is 6.34 Å². The van der Waals surface area contributed by atoms with E-state index in [2.05, 4.69) is 10.3 Å². The molecule has 4 heteroatoms. The third kappa shape index (κ3) is 1.88. The van der Waals surface area contributed by atoms with Crippen LogP contribution in [0.25, 0.3) is 0 Å². The monoisotopic (exact) mass is 164 g/mol.